The fraction of sp³-hybridized carbons (Fsp3) is 0.500. The molecule has 3 nitrogen and oxygen atoms in total. The second-order valence-electron chi connectivity index (χ2n) is 5.82. The second-order valence-corrected chi connectivity index (χ2v) is 5.82. The summed E-state index contributed by atoms with van der Waals surface area (Å²) in [6, 6.07) is 10.2. The number of ether oxygens (including phenoxy) is 1. The van der Waals surface area contributed by atoms with Crippen molar-refractivity contribution in [2.75, 3.05) is 7.05 Å². The first kappa shape index (κ1) is 15.6. The van der Waals surface area contributed by atoms with E-state index in [2.05, 4.69) is 19.1 Å². The van der Waals surface area contributed by atoms with Gasteiger partial charge in [0, 0.05) is 7.05 Å². The number of carbonyl (C=O) groups excluding carboxylic acids is 1. The van der Waals surface area contributed by atoms with E-state index in [1.807, 2.05) is 39.1 Å². The largest absolute Gasteiger partial charge is 0.478 e. The van der Waals surface area contributed by atoms with Crippen LogP contribution in [0.25, 0.3) is 0 Å². The number of carbonyl (C=O) groups is 1. The minimum Gasteiger partial charge on any atom is -0.478 e. The van der Waals surface area contributed by atoms with Crippen molar-refractivity contribution in [2.24, 2.45) is 0 Å². The molecule has 1 heterocycles. The van der Waals surface area contributed by atoms with Crippen molar-refractivity contribution in [2.45, 2.75) is 52.2 Å². The van der Waals surface area contributed by atoms with Crippen molar-refractivity contribution >= 4 is 5.91 Å². The third-order valence-electron chi connectivity index (χ3n) is 4.23. The van der Waals surface area contributed by atoms with Crippen LogP contribution in [0.1, 0.15) is 51.7 Å². The van der Waals surface area contributed by atoms with Crippen LogP contribution in [0.5, 0.6) is 0 Å². The van der Waals surface area contributed by atoms with Crippen molar-refractivity contribution < 1.29 is 9.53 Å². The maximum absolute atomic E-state index is 12.5. The average molecular weight is 287 g/mol. The van der Waals surface area contributed by atoms with Crippen LogP contribution in [-0.2, 0) is 9.53 Å². The number of amides is 1. The summed E-state index contributed by atoms with van der Waals surface area (Å²) in [4.78, 5) is 14.3. The highest BCUT2D eigenvalue weighted by Gasteiger charge is 2.37. The molecule has 2 rings (SSSR count). The van der Waals surface area contributed by atoms with Crippen LogP contribution < -0.4 is 0 Å². The molecule has 0 aliphatic carbocycles. The Balaban J connectivity index is 2.30. The van der Waals surface area contributed by atoms with Crippen LogP contribution >= 0.6 is 0 Å². The third kappa shape index (κ3) is 3.29. The van der Waals surface area contributed by atoms with Crippen molar-refractivity contribution in [1.29, 1.82) is 0 Å². The van der Waals surface area contributed by atoms with Crippen LogP contribution in [-0.4, -0.2) is 23.9 Å². The highest BCUT2D eigenvalue weighted by Crippen LogP contribution is 2.34. The Morgan fingerprint density at radius 2 is 1.95 bits per heavy atom. The summed E-state index contributed by atoms with van der Waals surface area (Å²) in [5, 5.41) is 0. The average Bonchev–Trinajstić information content (AvgIpc) is 2.51. The molecule has 0 unspecified atom stereocenters. The summed E-state index contributed by atoms with van der Waals surface area (Å²) in [7, 11) is 1.86. The van der Waals surface area contributed by atoms with Gasteiger partial charge in [0.25, 0.3) is 5.91 Å². The summed E-state index contributed by atoms with van der Waals surface area (Å²) in [6.07, 6.45) is 3.02. The first-order chi connectivity index (χ1) is 10.1. The molecule has 21 heavy (non-hydrogen) atoms. The van der Waals surface area contributed by atoms with Crippen molar-refractivity contribution in [1.82, 2.24) is 4.90 Å². The molecule has 1 aromatic rings. The molecule has 114 valence electrons. The predicted molar refractivity (Wildman–Crippen MR) is 84.7 cm³/mol. The van der Waals surface area contributed by atoms with Crippen LogP contribution in [0.15, 0.2) is 41.7 Å². The van der Waals surface area contributed by atoms with Gasteiger partial charge in [-0.2, -0.15) is 0 Å². The van der Waals surface area contributed by atoms with Gasteiger partial charge in [-0.05, 0) is 37.8 Å². The van der Waals surface area contributed by atoms with Gasteiger partial charge in [0.1, 0.15) is 6.10 Å². The molecule has 0 saturated carbocycles. The van der Waals surface area contributed by atoms with Crippen LogP contribution in [0.2, 0.25) is 0 Å². The van der Waals surface area contributed by atoms with Crippen LogP contribution in [0.3, 0.4) is 0 Å². The van der Waals surface area contributed by atoms with E-state index >= 15 is 0 Å². The van der Waals surface area contributed by atoms with E-state index in [0.29, 0.717) is 5.76 Å². The third-order valence-corrected chi connectivity index (χ3v) is 4.23. The summed E-state index contributed by atoms with van der Waals surface area (Å²) in [5.41, 5.74) is 2.17. The molecule has 0 radical (unpaired) electrons. The number of nitrogens with zero attached hydrogens (tertiary/aromatic N) is 1. The molecule has 1 aliphatic heterocycles. The maximum Gasteiger partial charge on any atom is 0.289 e. The summed E-state index contributed by atoms with van der Waals surface area (Å²) >= 11 is 0. The van der Waals surface area contributed by atoms with Gasteiger partial charge in [0.15, 0.2) is 5.76 Å². The van der Waals surface area contributed by atoms with E-state index < -0.39 is 0 Å². The van der Waals surface area contributed by atoms with E-state index in [-0.39, 0.29) is 18.1 Å². The topological polar surface area (TPSA) is 29.5 Å². The zero-order valence-corrected chi connectivity index (χ0v) is 13.4. The molecule has 0 aromatic heterocycles. The van der Waals surface area contributed by atoms with Gasteiger partial charge in [0.05, 0.1) is 6.04 Å². The molecular formula is C18H25NO2. The van der Waals surface area contributed by atoms with E-state index in [1.54, 1.807) is 4.90 Å². The Labute approximate surface area is 127 Å². The first-order valence-corrected chi connectivity index (χ1v) is 7.74. The molecule has 0 N–H and O–H groups in total. The fourth-order valence-electron chi connectivity index (χ4n) is 2.65. The number of likely N-dealkylation sites (N-methyl/N-ethyl adjacent to an activating group) is 1. The summed E-state index contributed by atoms with van der Waals surface area (Å²) < 4.78 is 6.11. The standard InChI is InChI=1S/C18H25NO2/c1-5-6-10-13(2)16-18(20)19(4)14(3)17(21-16)15-11-8-7-9-12-15/h7-9,11-12,14,17H,5-6,10H2,1-4H3/b16-13-/t14-,17-/m0/s1. The van der Waals surface area contributed by atoms with Crippen LogP contribution in [0.4, 0.5) is 0 Å². The van der Waals surface area contributed by atoms with E-state index in [9.17, 15) is 4.79 Å². The number of allylic oxidation sites excluding steroid dienone is 1. The zero-order chi connectivity index (χ0) is 15.4. The lowest BCUT2D eigenvalue weighted by Crippen LogP contribution is -2.46. The lowest BCUT2D eigenvalue weighted by molar-refractivity contribution is -0.143. The van der Waals surface area contributed by atoms with Crippen molar-refractivity contribution in [3.8, 4) is 0 Å². The Morgan fingerprint density at radius 1 is 1.29 bits per heavy atom. The van der Waals surface area contributed by atoms with Gasteiger partial charge in [0.2, 0.25) is 0 Å². The van der Waals surface area contributed by atoms with Crippen molar-refractivity contribution in [3.05, 3.63) is 47.2 Å². The van der Waals surface area contributed by atoms with Gasteiger partial charge < -0.3 is 9.64 Å². The SMILES string of the molecule is CCCC/C(C)=C1\O[C@H](c2ccccc2)[C@H](C)N(C)C1=O. The lowest BCUT2D eigenvalue weighted by atomic mass is 9.99. The van der Waals surface area contributed by atoms with Crippen LogP contribution in [0, 0.1) is 0 Å². The Bertz CT molecular complexity index is 521. The predicted octanol–water partition coefficient (Wildman–Crippen LogP) is 4.07. The maximum atomic E-state index is 12.5. The molecule has 1 aromatic carbocycles. The van der Waals surface area contributed by atoms with E-state index in [4.69, 9.17) is 4.74 Å². The monoisotopic (exact) mass is 287 g/mol. The smallest absolute Gasteiger partial charge is 0.289 e. The zero-order valence-electron chi connectivity index (χ0n) is 13.4. The number of hydrogen-bond donors (Lipinski definition) is 0. The first-order valence-electron chi connectivity index (χ1n) is 7.74. The van der Waals surface area contributed by atoms with Gasteiger partial charge >= 0.3 is 0 Å². The normalized spacial score (nSPS) is 24.8. The van der Waals surface area contributed by atoms with Gasteiger partial charge in [-0.3, -0.25) is 4.79 Å². The molecule has 0 spiro atoms. The second kappa shape index (κ2) is 6.79. The minimum absolute atomic E-state index is 0.00304. The number of rotatable bonds is 4. The molecule has 1 aliphatic rings. The Hall–Kier alpha value is -1.77. The van der Waals surface area contributed by atoms with Crippen molar-refractivity contribution in [3.63, 3.8) is 0 Å². The Kier molecular flexibility index (Phi) is 5.05. The highest BCUT2D eigenvalue weighted by atomic mass is 16.5. The number of morpholine rings is 1. The summed E-state index contributed by atoms with van der Waals surface area (Å²) in [5.74, 6) is 0.543. The molecule has 1 fully saturated rings. The minimum atomic E-state index is -0.0968. The summed E-state index contributed by atoms with van der Waals surface area (Å²) in [6.45, 7) is 6.20. The Morgan fingerprint density at radius 3 is 2.57 bits per heavy atom. The van der Waals surface area contributed by atoms with E-state index in [0.717, 1.165) is 30.4 Å². The van der Waals surface area contributed by atoms with Gasteiger partial charge in [-0.25, -0.2) is 0 Å². The number of benzene rings is 1. The number of hydrogen-bond acceptors (Lipinski definition) is 2. The molecule has 2 atom stereocenters. The molecular weight excluding hydrogens is 262 g/mol. The highest BCUT2D eigenvalue weighted by molar-refractivity contribution is 5.93. The lowest BCUT2D eigenvalue weighted by Gasteiger charge is -2.39. The quantitative estimate of drug-likeness (QED) is 0.781. The molecule has 0 bridgehead atoms. The van der Waals surface area contributed by atoms with Gasteiger partial charge in [-0.1, -0.05) is 43.7 Å². The molecule has 1 amide bonds. The molecule has 1 saturated heterocycles. The fourth-order valence-corrected chi connectivity index (χ4v) is 2.65. The van der Waals surface area contributed by atoms with Gasteiger partial charge in [-0.15, -0.1) is 0 Å². The number of unbranched alkanes of at least 4 members (excludes halogenated alkanes) is 1. The van der Waals surface area contributed by atoms with E-state index in [1.165, 1.54) is 0 Å². The molecule has 3 heteroatoms.